The number of nitrogens with one attached hydrogen (secondary N) is 1. The summed E-state index contributed by atoms with van der Waals surface area (Å²) in [5.74, 6) is -3.11. The van der Waals surface area contributed by atoms with Gasteiger partial charge in [-0.3, -0.25) is 9.59 Å². The third-order valence-corrected chi connectivity index (χ3v) is 3.39. The molecule has 10 heteroatoms. The van der Waals surface area contributed by atoms with E-state index in [0.717, 1.165) is 6.92 Å². The third kappa shape index (κ3) is 10.7. The molecule has 10 nitrogen and oxygen atoms in total. The van der Waals surface area contributed by atoms with E-state index >= 15 is 0 Å². The number of rotatable bonds is 9. The highest BCUT2D eigenvalue weighted by atomic mass is 16.4. The molecule has 27 heavy (non-hydrogen) atoms. The molecule has 0 heterocycles. The van der Waals surface area contributed by atoms with E-state index in [2.05, 4.69) is 5.32 Å². The number of hydrogen-bond donors (Lipinski definition) is 7. The van der Waals surface area contributed by atoms with Crippen molar-refractivity contribution in [1.29, 1.82) is 0 Å². The number of phenolic OH excluding ortho intramolecular Hbond substituents is 2. The summed E-state index contributed by atoms with van der Waals surface area (Å²) in [7, 11) is 0. The summed E-state index contributed by atoms with van der Waals surface area (Å²) < 4.78 is 0. The zero-order chi connectivity index (χ0) is 21.0. The van der Waals surface area contributed by atoms with Crippen molar-refractivity contribution < 1.29 is 34.8 Å². The smallest absolute Gasteiger partial charge is 0.326 e. The number of benzene rings is 1. The Balaban J connectivity index is 0.00000153. The fourth-order valence-electron chi connectivity index (χ4n) is 2.07. The van der Waals surface area contributed by atoms with Crippen LogP contribution in [0.25, 0.3) is 0 Å². The molecular weight excluding hydrogens is 358 g/mol. The van der Waals surface area contributed by atoms with Gasteiger partial charge in [-0.2, -0.15) is 0 Å². The van der Waals surface area contributed by atoms with Crippen molar-refractivity contribution in [3.05, 3.63) is 23.8 Å². The average Bonchev–Trinajstić information content (AvgIpc) is 2.56. The number of aliphatic carboxylic acids is 2. The topological polar surface area (TPSA) is 196 Å². The van der Waals surface area contributed by atoms with E-state index in [9.17, 15) is 19.8 Å². The molecule has 1 aromatic rings. The molecule has 0 fully saturated rings. The summed E-state index contributed by atoms with van der Waals surface area (Å²) in [6, 6.07) is 2.15. The number of unbranched alkanes of at least 4 members (excludes halogenated alkanes) is 1. The second-order valence-electron chi connectivity index (χ2n) is 5.84. The summed E-state index contributed by atoms with van der Waals surface area (Å²) in [6.07, 6.45) is 1.66. The van der Waals surface area contributed by atoms with Crippen molar-refractivity contribution in [2.45, 2.75) is 44.7 Å². The van der Waals surface area contributed by atoms with Crippen LogP contribution in [-0.4, -0.2) is 56.9 Å². The average molecular weight is 385 g/mol. The Morgan fingerprint density at radius 3 is 2.19 bits per heavy atom. The fourth-order valence-corrected chi connectivity index (χ4v) is 2.07. The largest absolute Gasteiger partial charge is 0.504 e. The van der Waals surface area contributed by atoms with Crippen LogP contribution in [0.1, 0.15) is 31.7 Å². The van der Waals surface area contributed by atoms with Gasteiger partial charge in [0.2, 0.25) is 5.91 Å². The first-order valence-electron chi connectivity index (χ1n) is 8.27. The van der Waals surface area contributed by atoms with Gasteiger partial charge in [0.25, 0.3) is 5.97 Å². The molecule has 0 aliphatic carbocycles. The molecule has 1 aromatic carbocycles. The number of amides is 1. The summed E-state index contributed by atoms with van der Waals surface area (Å²) in [5, 5.41) is 37.6. The van der Waals surface area contributed by atoms with Gasteiger partial charge in [-0.05, 0) is 49.9 Å². The fraction of sp³-hybridized carbons (Fsp3) is 0.471. The Kier molecular flexibility index (Phi) is 11.2. The standard InChI is InChI=1S/C15H23N3O5.C2H4O2/c16-6-2-1-3-11(15(22)23)18-14(21)10(17)7-9-4-5-12(19)13(20)8-9;1-2(3)4/h4-5,8,10-11,19-20H,1-3,6-7,16-17H2,(H,18,21)(H,22,23);1H3,(H,3,4). The van der Waals surface area contributed by atoms with Gasteiger partial charge in [-0.1, -0.05) is 6.07 Å². The van der Waals surface area contributed by atoms with Gasteiger partial charge in [0.05, 0.1) is 6.04 Å². The van der Waals surface area contributed by atoms with Crippen LogP contribution in [0.4, 0.5) is 0 Å². The Labute approximate surface area is 156 Å². The number of aromatic hydroxyl groups is 2. The van der Waals surface area contributed by atoms with E-state index in [4.69, 9.17) is 26.5 Å². The molecule has 0 spiro atoms. The van der Waals surface area contributed by atoms with Crippen molar-refractivity contribution in [2.75, 3.05) is 6.54 Å². The van der Waals surface area contributed by atoms with Gasteiger partial charge in [-0.15, -0.1) is 0 Å². The number of carboxylic acids is 2. The number of hydrogen-bond acceptors (Lipinski definition) is 7. The minimum Gasteiger partial charge on any atom is -0.504 e. The van der Waals surface area contributed by atoms with E-state index < -0.39 is 29.9 Å². The van der Waals surface area contributed by atoms with Crippen molar-refractivity contribution in [1.82, 2.24) is 5.32 Å². The summed E-state index contributed by atoms with van der Waals surface area (Å²) in [6.45, 7) is 1.55. The van der Waals surface area contributed by atoms with Gasteiger partial charge >= 0.3 is 5.97 Å². The van der Waals surface area contributed by atoms with Crippen LogP contribution < -0.4 is 16.8 Å². The molecule has 0 saturated carbocycles. The zero-order valence-electron chi connectivity index (χ0n) is 15.1. The third-order valence-electron chi connectivity index (χ3n) is 3.39. The number of carboxylic acid groups (broad SMARTS) is 2. The van der Waals surface area contributed by atoms with Gasteiger partial charge in [0.1, 0.15) is 6.04 Å². The van der Waals surface area contributed by atoms with E-state index in [1.54, 1.807) is 0 Å². The second-order valence-corrected chi connectivity index (χ2v) is 5.84. The molecule has 0 radical (unpaired) electrons. The molecule has 1 rings (SSSR count). The van der Waals surface area contributed by atoms with Crippen LogP contribution >= 0.6 is 0 Å². The molecule has 2 atom stereocenters. The van der Waals surface area contributed by atoms with Crippen LogP contribution in [0, 0.1) is 0 Å². The van der Waals surface area contributed by atoms with Crippen LogP contribution in [0.2, 0.25) is 0 Å². The van der Waals surface area contributed by atoms with E-state index in [-0.39, 0.29) is 24.3 Å². The van der Waals surface area contributed by atoms with E-state index in [0.29, 0.717) is 24.9 Å². The Hall–Kier alpha value is -2.85. The molecule has 0 aliphatic rings. The molecule has 9 N–H and O–H groups in total. The van der Waals surface area contributed by atoms with Crippen LogP contribution in [0.3, 0.4) is 0 Å². The maximum absolute atomic E-state index is 12.0. The molecule has 2 unspecified atom stereocenters. The first-order valence-corrected chi connectivity index (χ1v) is 8.27. The van der Waals surface area contributed by atoms with Crippen molar-refractivity contribution >= 4 is 17.8 Å². The molecule has 152 valence electrons. The van der Waals surface area contributed by atoms with Gasteiger partial charge in [0.15, 0.2) is 11.5 Å². The van der Waals surface area contributed by atoms with Crippen molar-refractivity contribution in [2.24, 2.45) is 11.5 Å². The lowest BCUT2D eigenvalue weighted by Gasteiger charge is -2.18. The molecule has 0 aliphatic heterocycles. The molecule has 1 amide bonds. The first-order chi connectivity index (χ1) is 12.6. The summed E-state index contributed by atoms with van der Waals surface area (Å²) in [4.78, 5) is 32.2. The number of phenols is 2. The second kappa shape index (κ2) is 12.5. The lowest BCUT2D eigenvalue weighted by Crippen LogP contribution is -2.49. The summed E-state index contributed by atoms with van der Waals surface area (Å²) >= 11 is 0. The van der Waals surface area contributed by atoms with E-state index in [1.807, 2.05) is 0 Å². The minimum atomic E-state index is -1.12. The SMILES string of the molecule is CC(=O)O.NCCCCC(NC(=O)C(N)Cc1ccc(O)c(O)c1)C(=O)O. The van der Waals surface area contributed by atoms with Gasteiger partial charge < -0.3 is 37.2 Å². The highest BCUT2D eigenvalue weighted by Crippen LogP contribution is 2.25. The van der Waals surface area contributed by atoms with Crippen LogP contribution in [0.15, 0.2) is 18.2 Å². The van der Waals surface area contributed by atoms with Crippen LogP contribution in [-0.2, 0) is 20.8 Å². The number of nitrogens with two attached hydrogens (primary N) is 2. The molecule has 0 saturated heterocycles. The van der Waals surface area contributed by atoms with Crippen molar-refractivity contribution in [3.63, 3.8) is 0 Å². The monoisotopic (exact) mass is 385 g/mol. The Morgan fingerprint density at radius 1 is 1.11 bits per heavy atom. The maximum Gasteiger partial charge on any atom is 0.326 e. The first kappa shape index (κ1) is 24.1. The summed E-state index contributed by atoms with van der Waals surface area (Å²) in [5.41, 5.74) is 11.7. The quantitative estimate of drug-likeness (QED) is 0.221. The van der Waals surface area contributed by atoms with Crippen molar-refractivity contribution in [3.8, 4) is 11.5 Å². The highest BCUT2D eigenvalue weighted by molar-refractivity contribution is 5.87. The lowest BCUT2D eigenvalue weighted by atomic mass is 10.0. The van der Waals surface area contributed by atoms with Crippen LogP contribution in [0.5, 0.6) is 11.5 Å². The Morgan fingerprint density at radius 2 is 1.70 bits per heavy atom. The normalized spacial score (nSPS) is 12.3. The molecule has 0 bridgehead atoms. The zero-order valence-corrected chi connectivity index (χ0v) is 15.1. The van der Waals surface area contributed by atoms with Gasteiger partial charge in [-0.25, -0.2) is 4.79 Å². The van der Waals surface area contributed by atoms with E-state index in [1.165, 1.54) is 18.2 Å². The Bertz CT molecular complexity index is 633. The van der Waals surface area contributed by atoms with Gasteiger partial charge in [0, 0.05) is 6.92 Å². The predicted octanol–water partition coefficient (Wildman–Crippen LogP) is -0.243. The minimum absolute atomic E-state index is 0.106. The lowest BCUT2D eigenvalue weighted by molar-refractivity contribution is -0.142. The predicted molar refractivity (Wildman–Crippen MR) is 97.2 cm³/mol. The highest BCUT2D eigenvalue weighted by Gasteiger charge is 2.23. The molecular formula is C17H27N3O7. The maximum atomic E-state index is 12.0. The number of carbonyl (C=O) groups excluding carboxylic acids is 1. The number of carbonyl (C=O) groups is 3. The molecule has 0 aromatic heterocycles.